The molecule has 1 rings (SSSR count). The molecule has 0 amide bonds. The fraction of sp³-hybridized carbons (Fsp3) is 0.706. The molecule has 0 bridgehead atoms. The van der Waals surface area contributed by atoms with Gasteiger partial charge in [0.2, 0.25) is 0 Å². The second-order valence-electron chi connectivity index (χ2n) is 5.91. The van der Waals surface area contributed by atoms with E-state index in [0.29, 0.717) is 0 Å². The summed E-state index contributed by atoms with van der Waals surface area (Å²) in [6.07, 6.45) is -4.58. The number of ether oxygens (including phenoxy) is 5. The summed E-state index contributed by atoms with van der Waals surface area (Å²) >= 11 is 0.750. The SMILES string of the molecule is CCC(=O)SC1O[C@H](COC(C)=O)[C@@H](OC(C)=O)[C@H](OC(C)=O)[C@@H]1OC(C)=O. The van der Waals surface area contributed by atoms with Gasteiger partial charge in [0.15, 0.2) is 28.9 Å². The molecule has 0 aromatic carbocycles. The van der Waals surface area contributed by atoms with E-state index >= 15 is 0 Å². The largest absolute Gasteiger partial charge is 0.463 e. The molecule has 28 heavy (non-hydrogen) atoms. The summed E-state index contributed by atoms with van der Waals surface area (Å²) in [7, 11) is 0. The highest BCUT2D eigenvalue weighted by atomic mass is 32.2. The average Bonchev–Trinajstić information content (AvgIpc) is 2.57. The van der Waals surface area contributed by atoms with Crippen molar-refractivity contribution >= 4 is 40.8 Å². The highest BCUT2D eigenvalue weighted by Gasteiger charge is 2.52. The van der Waals surface area contributed by atoms with Crippen LogP contribution in [0.25, 0.3) is 0 Å². The van der Waals surface area contributed by atoms with Crippen LogP contribution in [0, 0.1) is 0 Å². The normalized spacial score (nSPS) is 26.7. The van der Waals surface area contributed by atoms with E-state index in [1.54, 1.807) is 6.92 Å². The third-order valence-corrected chi connectivity index (χ3v) is 4.65. The third kappa shape index (κ3) is 7.47. The van der Waals surface area contributed by atoms with Crippen molar-refractivity contribution in [2.24, 2.45) is 0 Å². The minimum atomic E-state index is -1.26. The number of hydrogen-bond donors (Lipinski definition) is 0. The number of carbonyl (C=O) groups is 5. The van der Waals surface area contributed by atoms with Crippen LogP contribution in [0.4, 0.5) is 0 Å². The van der Waals surface area contributed by atoms with Crippen LogP contribution >= 0.6 is 11.8 Å². The van der Waals surface area contributed by atoms with Crippen LogP contribution in [-0.2, 0) is 47.7 Å². The van der Waals surface area contributed by atoms with Gasteiger partial charge in [-0.05, 0) is 0 Å². The Kier molecular flexibility index (Phi) is 9.39. The first-order chi connectivity index (χ1) is 13.0. The summed E-state index contributed by atoms with van der Waals surface area (Å²) in [4.78, 5) is 57.9. The molecule has 158 valence electrons. The summed E-state index contributed by atoms with van der Waals surface area (Å²) in [6, 6.07) is 0. The van der Waals surface area contributed by atoms with Gasteiger partial charge in [-0.1, -0.05) is 18.7 Å². The van der Waals surface area contributed by atoms with E-state index in [2.05, 4.69) is 0 Å². The van der Waals surface area contributed by atoms with Crippen LogP contribution in [0.5, 0.6) is 0 Å². The van der Waals surface area contributed by atoms with Crippen LogP contribution < -0.4 is 0 Å². The Labute approximate surface area is 166 Å². The second-order valence-corrected chi connectivity index (χ2v) is 7.07. The van der Waals surface area contributed by atoms with Crippen molar-refractivity contribution in [2.75, 3.05) is 6.61 Å². The number of carbonyl (C=O) groups excluding carboxylic acids is 5. The summed E-state index contributed by atoms with van der Waals surface area (Å²) in [5.41, 5.74) is -1.06. The van der Waals surface area contributed by atoms with Crippen molar-refractivity contribution in [2.45, 2.75) is 70.9 Å². The molecule has 11 heteroatoms. The molecule has 0 radical (unpaired) electrons. The Bertz CT molecular complexity index is 619. The van der Waals surface area contributed by atoms with Crippen molar-refractivity contribution in [3.63, 3.8) is 0 Å². The Morgan fingerprint density at radius 3 is 1.75 bits per heavy atom. The number of thioether (sulfide) groups is 1. The van der Waals surface area contributed by atoms with Crippen molar-refractivity contribution in [3.05, 3.63) is 0 Å². The minimum absolute atomic E-state index is 0.178. The topological polar surface area (TPSA) is 132 Å². The van der Waals surface area contributed by atoms with Gasteiger partial charge in [0.1, 0.15) is 12.7 Å². The Morgan fingerprint density at radius 1 is 0.786 bits per heavy atom. The molecule has 1 aliphatic rings. The van der Waals surface area contributed by atoms with Gasteiger partial charge in [0, 0.05) is 34.1 Å². The van der Waals surface area contributed by atoms with Gasteiger partial charge >= 0.3 is 23.9 Å². The lowest BCUT2D eigenvalue weighted by molar-refractivity contribution is -0.237. The molecule has 0 N–H and O–H groups in total. The van der Waals surface area contributed by atoms with Crippen LogP contribution in [0.2, 0.25) is 0 Å². The Morgan fingerprint density at radius 2 is 1.29 bits per heavy atom. The minimum Gasteiger partial charge on any atom is -0.463 e. The zero-order valence-electron chi connectivity index (χ0n) is 16.3. The van der Waals surface area contributed by atoms with Crippen molar-refractivity contribution in [1.82, 2.24) is 0 Å². The molecule has 0 saturated carbocycles. The van der Waals surface area contributed by atoms with Gasteiger partial charge in [-0.3, -0.25) is 24.0 Å². The molecule has 5 atom stereocenters. The van der Waals surface area contributed by atoms with Gasteiger partial charge in [-0.25, -0.2) is 0 Å². The van der Waals surface area contributed by atoms with E-state index in [1.165, 1.54) is 6.92 Å². The molecule has 0 spiro atoms. The fourth-order valence-electron chi connectivity index (χ4n) is 2.50. The standard InChI is InChI=1S/C17H24O10S/c1-6-13(22)28-17-16(26-11(5)21)15(25-10(4)20)14(24-9(3)19)12(27-17)7-23-8(2)18/h12,14-17H,6-7H2,1-5H3/t12-,14-,15+,16+,17?/m1/s1. The van der Waals surface area contributed by atoms with Crippen LogP contribution in [0.15, 0.2) is 0 Å². The maximum absolute atomic E-state index is 11.9. The molecule has 0 aromatic rings. The summed E-state index contributed by atoms with van der Waals surface area (Å²) in [5, 5.41) is -0.263. The van der Waals surface area contributed by atoms with Crippen LogP contribution in [0.3, 0.4) is 0 Å². The summed E-state index contributed by atoms with van der Waals surface area (Å²) in [6.45, 7) is 5.90. The predicted octanol–water partition coefficient (Wildman–Crippen LogP) is 0.739. The molecular weight excluding hydrogens is 396 g/mol. The maximum Gasteiger partial charge on any atom is 0.303 e. The first kappa shape index (κ1) is 23.9. The first-order valence-electron chi connectivity index (χ1n) is 8.55. The van der Waals surface area contributed by atoms with Gasteiger partial charge < -0.3 is 23.7 Å². The highest BCUT2D eigenvalue weighted by Crippen LogP contribution is 2.35. The molecule has 1 saturated heterocycles. The summed E-state index contributed by atoms with van der Waals surface area (Å²) < 4.78 is 26.4. The maximum atomic E-state index is 11.9. The fourth-order valence-corrected chi connectivity index (χ4v) is 3.47. The molecule has 10 nitrogen and oxygen atoms in total. The first-order valence-corrected chi connectivity index (χ1v) is 9.43. The van der Waals surface area contributed by atoms with E-state index < -0.39 is 53.7 Å². The van der Waals surface area contributed by atoms with E-state index in [-0.39, 0.29) is 18.1 Å². The average molecular weight is 420 g/mol. The van der Waals surface area contributed by atoms with Crippen molar-refractivity contribution in [1.29, 1.82) is 0 Å². The number of rotatable bonds is 7. The van der Waals surface area contributed by atoms with E-state index in [1.807, 2.05) is 0 Å². The monoisotopic (exact) mass is 420 g/mol. The molecule has 0 aliphatic carbocycles. The highest BCUT2D eigenvalue weighted by molar-refractivity contribution is 8.14. The predicted molar refractivity (Wildman–Crippen MR) is 94.8 cm³/mol. The summed E-state index contributed by atoms with van der Waals surface area (Å²) in [5.74, 6) is -2.75. The molecule has 1 fully saturated rings. The lowest BCUT2D eigenvalue weighted by atomic mass is 9.99. The number of esters is 4. The second kappa shape index (κ2) is 11.0. The zero-order chi connectivity index (χ0) is 21.4. The van der Waals surface area contributed by atoms with Crippen LogP contribution in [0.1, 0.15) is 41.0 Å². The molecule has 0 aromatic heterocycles. The van der Waals surface area contributed by atoms with Gasteiger partial charge in [0.25, 0.3) is 0 Å². The molecular formula is C17H24O10S. The van der Waals surface area contributed by atoms with Crippen molar-refractivity contribution in [3.8, 4) is 0 Å². The zero-order valence-corrected chi connectivity index (χ0v) is 17.1. The number of hydrogen-bond acceptors (Lipinski definition) is 11. The molecule has 1 aliphatic heterocycles. The molecule has 1 heterocycles. The van der Waals surface area contributed by atoms with Gasteiger partial charge in [0.05, 0.1) is 0 Å². The van der Waals surface area contributed by atoms with E-state index in [9.17, 15) is 24.0 Å². The van der Waals surface area contributed by atoms with E-state index in [0.717, 1.165) is 32.5 Å². The Balaban J connectivity index is 3.30. The van der Waals surface area contributed by atoms with Crippen LogP contribution in [-0.4, -0.2) is 65.5 Å². The van der Waals surface area contributed by atoms with Gasteiger partial charge in [-0.2, -0.15) is 0 Å². The van der Waals surface area contributed by atoms with Gasteiger partial charge in [-0.15, -0.1) is 0 Å². The van der Waals surface area contributed by atoms with Crippen molar-refractivity contribution < 1.29 is 47.7 Å². The third-order valence-electron chi connectivity index (χ3n) is 3.48. The molecule has 1 unspecified atom stereocenters. The smallest absolute Gasteiger partial charge is 0.303 e. The Hall–Kier alpha value is -2.14. The lowest BCUT2D eigenvalue weighted by Gasteiger charge is -2.43. The quantitative estimate of drug-likeness (QED) is 0.427. The van der Waals surface area contributed by atoms with E-state index in [4.69, 9.17) is 23.7 Å². The lowest BCUT2D eigenvalue weighted by Crippen LogP contribution is -2.61.